The minimum absolute atomic E-state index is 0.0114. The predicted octanol–water partition coefficient (Wildman–Crippen LogP) is 2.21. The third kappa shape index (κ3) is 5.51. The molecule has 1 saturated heterocycles. The first-order valence-electron chi connectivity index (χ1n) is 10.1. The minimum atomic E-state index is -0.225. The number of rotatable bonds is 8. The maximum atomic E-state index is 13.6. The maximum Gasteiger partial charge on any atom is 0.236 e. The molecule has 0 aromatic heterocycles. The highest BCUT2D eigenvalue weighted by Gasteiger charge is 2.33. The Morgan fingerprint density at radius 3 is 2.52 bits per heavy atom. The van der Waals surface area contributed by atoms with Gasteiger partial charge in [-0.1, -0.05) is 18.2 Å². The summed E-state index contributed by atoms with van der Waals surface area (Å²) in [6.07, 6.45) is 4.31. The van der Waals surface area contributed by atoms with Gasteiger partial charge in [-0.2, -0.15) is 0 Å². The quantitative estimate of drug-likeness (QED) is 0.758. The van der Waals surface area contributed by atoms with Crippen molar-refractivity contribution in [2.24, 2.45) is 5.92 Å². The lowest BCUT2D eigenvalue weighted by molar-refractivity contribution is -0.133. The number of carbonyl (C=O) groups excluding carboxylic acids is 2. The second-order valence-corrected chi connectivity index (χ2v) is 7.59. The van der Waals surface area contributed by atoms with Crippen molar-refractivity contribution < 1.29 is 14.0 Å². The van der Waals surface area contributed by atoms with Crippen LogP contribution in [-0.4, -0.2) is 60.4 Å². The topological polar surface area (TPSA) is 52.7 Å². The Morgan fingerprint density at radius 1 is 1.19 bits per heavy atom. The van der Waals surface area contributed by atoms with Gasteiger partial charge in [-0.15, -0.1) is 0 Å². The number of hydrogen-bond donors (Lipinski definition) is 1. The van der Waals surface area contributed by atoms with Crippen LogP contribution in [0.25, 0.3) is 0 Å². The van der Waals surface area contributed by atoms with Crippen LogP contribution in [-0.2, 0) is 16.0 Å². The lowest BCUT2D eigenvalue weighted by Crippen LogP contribution is -2.46. The molecular weight excluding hydrogens is 345 g/mol. The highest BCUT2D eigenvalue weighted by molar-refractivity contribution is 5.80. The molecule has 0 spiro atoms. The van der Waals surface area contributed by atoms with Gasteiger partial charge in [0.25, 0.3) is 0 Å². The molecule has 6 heteroatoms. The Balaban J connectivity index is 1.36. The molecular formula is C21H30FN3O2. The van der Waals surface area contributed by atoms with E-state index in [0.29, 0.717) is 31.1 Å². The number of nitrogens with zero attached hydrogens (tertiary/aromatic N) is 2. The molecule has 0 unspecified atom stereocenters. The Bertz CT molecular complexity index is 655. The van der Waals surface area contributed by atoms with Crippen LogP contribution in [0.2, 0.25) is 0 Å². The molecule has 0 atom stereocenters. The van der Waals surface area contributed by atoms with E-state index in [2.05, 4.69) is 10.2 Å². The van der Waals surface area contributed by atoms with Gasteiger partial charge in [0, 0.05) is 25.0 Å². The first kappa shape index (κ1) is 19.8. The average molecular weight is 375 g/mol. The molecule has 1 aliphatic heterocycles. The van der Waals surface area contributed by atoms with Gasteiger partial charge in [-0.25, -0.2) is 4.39 Å². The van der Waals surface area contributed by atoms with E-state index in [1.807, 2.05) is 11.8 Å². The fourth-order valence-corrected chi connectivity index (χ4v) is 3.83. The maximum absolute atomic E-state index is 13.6. The van der Waals surface area contributed by atoms with Gasteiger partial charge in [0.1, 0.15) is 5.82 Å². The Labute approximate surface area is 160 Å². The van der Waals surface area contributed by atoms with Crippen LogP contribution >= 0.6 is 0 Å². The Hall–Kier alpha value is -1.95. The summed E-state index contributed by atoms with van der Waals surface area (Å²) in [5.41, 5.74) is 0.627. The summed E-state index contributed by atoms with van der Waals surface area (Å²) in [4.78, 5) is 28.9. The highest BCUT2D eigenvalue weighted by atomic mass is 19.1. The Morgan fingerprint density at radius 2 is 1.89 bits per heavy atom. The fraction of sp³-hybridized carbons (Fsp3) is 0.619. The average Bonchev–Trinajstić information content (AvgIpc) is 3.49. The third-order valence-corrected chi connectivity index (χ3v) is 5.62. The molecule has 1 saturated carbocycles. The summed E-state index contributed by atoms with van der Waals surface area (Å²) >= 11 is 0. The van der Waals surface area contributed by atoms with Crippen LogP contribution in [0.15, 0.2) is 24.3 Å². The van der Waals surface area contributed by atoms with Gasteiger partial charge < -0.3 is 10.2 Å². The summed E-state index contributed by atoms with van der Waals surface area (Å²) < 4.78 is 13.6. The monoisotopic (exact) mass is 375 g/mol. The first-order chi connectivity index (χ1) is 13.1. The van der Waals surface area contributed by atoms with Crippen LogP contribution in [0.5, 0.6) is 0 Å². The first-order valence-corrected chi connectivity index (χ1v) is 10.1. The normalized spacial score (nSPS) is 18.3. The number of carbonyl (C=O) groups is 2. The summed E-state index contributed by atoms with van der Waals surface area (Å²) in [6.45, 7) is 5.29. The van der Waals surface area contributed by atoms with Crippen molar-refractivity contribution >= 4 is 11.8 Å². The molecule has 1 aliphatic carbocycles. The van der Waals surface area contributed by atoms with Crippen LogP contribution in [0.3, 0.4) is 0 Å². The molecule has 27 heavy (non-hydrogen) atoms. The molecule has 1 N–H and O–H groups in total. The number of amides is 2. The van der Waals surface area contributed by atoms with Crippen molar-refractivity contribution in [2.45, 2.75) is 45.1 Å². The van der Waals surface area contributed by atoms with Gasteiger partial charge >= 0.3 is 0 Å². The summed E-state index contributed by atoms with van der Waals surface area (Å²) in [6, 6.07) is 7.12. The number of benzene rings is 1. The molecule has 2 amide bonds. The summed E-state index contributed by atoms with van der Waals surface area (Å²) in [5.74, 6) is 0.0259. The van der Waals surface area contributed by atoms with Crippen LogP contribution in [0.4, 0.5) is 4.39 Å². The van der Waals surface area contributed by atoms with E-state index < -0.39 is 0 Å². The second kappa shape index (κ2) is 9.31. The predicted molar refractivity (Wildman–Crippen MR) is 103 cm³/mol. The van der Waals surface area contributed by atoms with Crippen molar-refractivity contribution in [3.05, 3.63) is 35.6 Å². The zero-order chi connectivity index (χ0) is 19.2. The number of halogens is 1. The van der Waals surface area contributed by atoms with Crippen molar-refractivity contribution in [3.8, 4) is 0 Å². The van der Waals surface area contributed by atoms with Crippen molar-refractivity contribution in [1.29, 1.82) is 0 Å². The van der Waals surface area contributed by atoms with Gasteiger partial charge in [0.15, 0.2) is 0 Å². The van der Waals surface area contributed by atoms with Gasteiger partial charge in [0.2, 0.25) is 11.8 Å². The molecule has 148 valence electrons. The molecule has 0 bridgehead atoms. The largest absolute Gasteiger partial charge is 0.356 e. The number of likely N-dealkylation sites (tertiary alicyclic amines) is 1. The van der Waals surface area contributed by atoms with E-state index in [4.69, 9.17) is 0 Å². The van der Waals surface area contributed by atoms with Crippen molar-refractivity contribution in [3.63, 3.8) is 0 Å². The fourth-order valence-electron chi connectivity index (χ4n) is 3.83. The number of likely N-dealkylation sites (N-methyl/N-ethyl adjacent to an activating group) is 1. The van der Waals surface area contributed by atoms with E-state index in [1.165, 1.54) is 6.07 Å². The van der Waals surface area contributed by atoms with Gasteiger partial charge in [-0.3, -0.25) is 14.5 Å². The molecule has 1 aromatic carbocycles. The SMILES string of the molecule is CCN(C(=O)CN1CCC(C(=O)NCCc2ccccc2F)CC1)C1CC1. The zero-order valence-electron chi connectivity index (χ0n) is 16.1. The van der Waals surface area contributed by atoms with Crippen molar-refractivity contribution in [2.75, 3.05) is 32.7 Å². The smallest absolute Gasteiger partial charge is 0.236 e. The molecule has 0 radical (unpaired) electrons. The van der Waals surface area contributed by atoms with E-state index in [0.717, 1.165) is 45.3 Å². The highest BCUT2D eigenvalue weighted by Crippen LogP contribution is 2.27. The van der Waals surface area contributed by atoms with Crippen LogP contribution in [0.1, 0.15) is 38.2 Å². The van der Waals surface area contributed by atoms with Gasteiger partial charge in [0.05, 0.1) is 6.54 Å². The van der Waals surface area contributed by atoms with Gasteiger partial charge in [-0.05, 0) is 63.7 Å². The molecule has 5 nitrogen and oxygen atoms in total. The van der Waals surface area contributed by atoms with Crippen LogP contribution in [0, 0.1) is 11.7 Å². The standard InChI is InChI=1S/C21H30FN3O2/c1-2-25(18-7-8-18)20(26)15-24-13-10-17(11-14-24)21(27)23-12-9-16-5-3-4-6-19(16)22/h3-6,17-18H,2,7-15H2,1H3,(H,23,27). The Kier molecular flexibility index (Phi) is 6.83. The number of hydrogen-bond acceptors (Lipinski definition) is 3. The molecule has 3 rings (SSSR count). The van der Waals surface area contributed by atoms with E-state index in [-0.39, 0.29) is 23.5 Å². The van der Waals surface area contributed by atoms with E-state index in [9.17, 15) is 14.0 Å². The molecule has 1 aromatic rings. The number of nitrogens with one attached hydrogen (secondary N) is 1. The van der Waals surface area contributed by atoms with E-state index >= 15 is 0 Å². The lowest BCUT2D eigenvalue weighted by Gasteiger charge is -2.32. The summed E-state index contributed by atoms with van der Waals surface area (Å²) in [7, 11) is 0. The molecule has 2 fully saturated rings. The van der Waals surface area contributed by atoms with Crippen LogP contribution < -0.4 is 5.32 Å². The second-order valence-electron chi connectivity index (χ2n) is 7.59. The zero-order valence-corrected chi connectivity index (χ0v) is 16.1. The summed E-state index contributed by atoms with van der Waals surface area (Å²) in [5, 5.41) is 2.93. The molecule has 1 heterocycles. The lowest BCUT2D eigenvalue weighted by atomic mass is 9.95. The third-order valence-electron chi connectivity index (χ3n) is 5.62. The van der Waals surface area contributed by atoms with E-state index in [1.54, 1.807) is 18.2 Å². The minimum Gasteiger partial charge on any atom is -0.356 e. The molecule has 2 aliphatic rings. The number of piperidine rings is 1. The van der Waals surface area contributed by atoms with Crippen molar-refractivity contribution in [1.82, 2.24) is 15.1 Å².